The summed E-state index contributed by atoms with van der Waals surface area (Å²) in [6, 6.07) is 17.0. The van der Waals surface area contributed by atoms with Gasteiger partial charge in [0.15, 0.2) is 0 Å². The van der Waals surface area contributed by atoms with Crippen LogP contribution in [0.25, 0.3) is 0 Å². The van der Waals surface area contributed by atoms with E-state index in [1.165, 1.54) is 0 Å². The summed E-state index contributed by atoms with van der Waals surface area (Å²) in [6.45, 7) is 7.67. The minimum Gasteiger partial charge on any atom is -0.350 e. The Morgan fingerprint density at radius 2 is 1.24 bits per heavy atom. The first kappa shape index (κ1) is 26.8. The summed E-state index contributed by atoms with van der Waals surface area (Å²) in [5.74, 6) is -2.69. The Labute approximate surface area is 201 Å². The van der Waals surface area contributed by atoms with Crippen LogP contribution in [0, 0.1) is 5.92 Å². The van der Waals surface area contributed by atoms with Crippen LogP contribution in [0.4, 0.5) is 0 Å². The topological polar surface area (TPSA) is 104 Å². The lowest BCUT2D eigenvalue weighted by molar-refractivity contribution is -0.140. The van der Waals surface area contributed by atoms with Crippen molar-refractivity contribution in [3.63, 3.8) is 0 Å². The third-order valence-corrected chi connectivity index (χ3v) is 5.47. The molecule has 3 N–H and O–H groups in total. The standard InChI is InChI=1S/C27H35N3O4/c1-5-21(24(31)27(34)28-6-2)29-25(32)22(17-18(3)4)30-26(33)23(19-13-9-7-10-14-19)20-15-11-8-12-16-20/h7-16,18,21-23H,5-6,17H2,1-4H3,(H,28,34)(H,29,32)(H,30,33)/t21?,22-/m0/s1. The van der Waals surface area contributed by atoms with Gasteiger partial charge in [0.1, 0.15) is 6.04 Å². The van der Waals surface area contributed by atoms with Crippen molar-refractivity contribution in [3.8, 4) is 0 Å². The van der Waals surface area contributed by atoms with E-state index in [0.717, 1.165) is 11.1 Å². The highest BCUT2D eigenvalue weighted by Gasteiger charge is 2.31. The van der Waals surface area contributed by atoms with Crippen LogP contribution in [-0.4, -0.2) is 42.1 Å². The predicted octanol–water partition coefficient (Wildman–Crippen LogP) is 2.95. The van der Waals surface area contributed by atoms with Gasteiger partial charge in [0.2, 0.25) is 17.6 Å². The molecule has 1 unspecified atom stereocenters. The number of amides is 3. The molecular weight excluding hydrogens is 430 g/mol. The monoisotopic (exact) mass is 465 g/mol. The molecule has 7 heteroatoms. The highest BCUT2D eigenvalue weighted by atomic mass is 16.2. The minimum absolute atomic E-state index is 0.113. The van der Waals surface area contributed by atoms with Crippen molar-refractivity contribution in [1.29, 1.82) is 0 Å². The van der Waals surface area contributed by atoms with Gasteiger partial charge in [-0.05, 0) is 36.8 Å². The van der Waals surface area contributed by atoms with Gasteiger partial charge in [0.05, 0.1) is 12.0 Å². The third-order valence-electron chi connectivity index (χ3n) is 5.47. The SMILES string of the molecule is CCNC(=O)C(=O)C(CC)NC(=O)[C@H](CC(C)C)NC(=O)C(c1ccccc1)c1ccccc1. The molecule has 2 atom stereocenters. The van der Waals surface area contributed by atoms with E-state index in [1.54, 1.807) is 13.8 Å². The van der Waals surface area contributed by atoms with Crippen LogP contribution in [-0.2, 0) is 19.2 Å². The van der Waals surface area contributed by atoms with Crippen LogP contribution < -0.4 is 16.0 Å². The zero-order valence-corrected chi connectivity index (χ0v) is 20.3. The second-order valence-electron chi connectivity index (χ2n) is 8.64. The number of likely N-dealkylation sites (N-methyl/N-ethyl adjacent to an activating group) is 1. The number of carbonyl (C=O) groups is 4. The molecule has 0 aliphatic rings. The van der Waals surface area contributed by atoms with Crippen molar-refractivity contribution in [3.05, 3.63) is 71.8 Å². The molecule has 3 amide bonds. The first-order chi connectivity index (χ1) is 16.3. The van der Waals surface area contributed by atoms with Gasteiger partial charge in [0.25, 0.3) is 5.91 Å². The molecule has 0 aliphatic heterocycles. The van der Waals surface area contributed by atoms with Crippen LogP contribution in [0.3, 0.4) is 0 Å². The molecule has 2 aromatic rings. The minimum atomic E-state index is -0.954. The van der Waals surface area contributed by atoms with E-state index in [2.05, 4.69) is 16.0 Å². The lowest BCUT2D eigenvalue weighted by Crippen LogP contribution is -2.54. The Morgan fingerprint density at radius 1 is 0.735 bits per heavy atom. The molecule has 182 valence electrons. The van der Waals surface area contributed by atoms with Gasteiger partial charge in [-0.15, -0.1) is 0 Å². The summed E-state index contributed by atoms with van der Waals surface area (Å²) >= 11 is 0. The van der Waals surface area contributed by atoms with Crippen molar-refractivity contribution >= 4 is 23.5 Å². The van der Waals surface area contributed by atoms with E-state index in [-0.39, 0.29) is 18.2 Å². The fraction of sp³-hybridized carbons (Fsp3) is 0.407. The molecule has 0 heterocycles. The van der Waals surface area contributed by atoms with Crippen molar-refractivity contribution < 1.29 is 19.2 Å². The molecule has 0 radical (unpaired) electrons. The van der Waals surface area contributed by atoms with Gasteiger partial charge in [-0.2, -0.15) is 0 Å². The molecule has 0 fully saturated rings. The van der Waals surface area contributed by atoms with Crippen molar-refractivity contribution in [1.82, 2.24) is 16.0 Å². The molecular formula is C27H35N3O4. The highest BCUT2D eigenvalue weighted by molar-refractivity contribution is 6.38. The maximum Gasteiger partial charge on any atom is 0.289 e. The van der Waals surface area contributed by atoms with Crippen molar-refractivity contribution in [2.75, 3.05) is 6.54 Å². The second-order valence-corrected chi connectivity index (χ2v) is 8.64. The second kappa shape index (κ2) is 13.3. The number of ketones is 1. The number of carbonyl (C=O) groups excluding carboxylic acids is 4. The predicted molar refractivity (Wildman–Crippen MR) is 132 cm³/mol. The largest absolute Gasteiger partial charge is 0.350 e. The smallest absolute Gasteiger partial charge is 0.289 e. The number of benzene rings is 2. The van der Waals surface area contributed by atoms with E-state index in [9.17, 15) is 19.2 Å². The first-order valence-corrected chi connectivity index (χ1v) is 11.8. The fourth-order valence-electron chi connectivity index (χ4n) is 3.78. The summed E-state index contributed by atoms with van der Waals surface area (Å²) in [4.78, 5) is 51.1. The van der Waals surface area contributed by atoms with Crippen molar-refractivity contribution in [2.24, 2.45) is 5.92 Å². The quantitative estimate of drug-likeness (QED) is 0.419. The van der Waals surface area contributed by atoms with Crippen LogP contribution in [0.2, 0.25) is 0 Å². The lowest BCUT2D eigenvalue weighted by Gasteiger charge is -2.26. The van der Waals surface area contributed by atoms with Crippen LogP contribution in [0.5, 0.6) is 0 Å². The maximum atomic E-state index is 13.5. The van der Waals surface area contributed by atoms with Gasteiger partial charge in [-0.1, -0.05) is 81.4 Å². The molecule has 0 saturated carbocycles. The van der Waals surface area contributed by atoms with E-state index < -0.39 is 35.6 Å². The molecule has 0 aromatic heterocycles. The summed E-state index contributed by atoms with van der Waals surface area (Å²) in [7, 11) is 0. The van der Waals surface area contributed by atoms with E-state index in [0.29, 0.717) is 13.0 Å². The Hall–Kier alpha value is -3.48. The Bertz CT molecular complexity index is 921. The Balaban J connectivity index is 2.26. The number of rotatable bonds is 12. The molecule has 0 spiro atoms. The van der Waals surface area contributed by atoms with Gasteiger partial charge in [-0.3, -0.25) is 19.2 Å². The third kappa shape index (κ3) is 7.54. The van der Waals surface area contributed by atoms with Crippen molar-refractivity contribution in [2.45, 2.75) is 58.5 Å². The molecule has 0 bridgehead atoms. The van der Waals surface area contributed by atoms with Gasteiger partial charge in [0, 0.05) is 6.54 Å². The normalized spacial score (nSPS) is 12.6. The average molecular weight is 466 g/mol. The number of nitrogens with one attached hydrogen (secondary N) is 3. The molecule has 2 aromatic carbocycles. The first-order valence-electron chi connectivity index (χ1n) is 11.8. The van der Waals surface area contributed by atoms with E-state index >= 15 is 0 Å². The van der Waals surface area contributed by atoms with Crippen LogP contribution >= 0.6 is 0 Å². The molecule has 34 heavy (non-hydrogen) atoms. The Kier molecular flexibility index (Phi) is 10.5. The number of Topliss-reactive ketones (excluding diaryl/α,β-unsaturated/α-hetero) is 1. The molecule has 0 saturated heterocycles. The lowest BCUT2D eigenvalue weighted by atomic mass is 9.90. The van der Waals surface area contributed by atoms with E-state index in [1.807, 2.05) is 74.5 Å². The zero-order chi connectivity index (χ0) is 25.1. The summed E-state index contributed by atoms with van der Waals surface area (Å²) in [5, 5.41) is 8.04. The molecule has 2 rings (SSSR count). The van der Waals surface area contributed by atoms with Gasteiger partial charge < -0.3 is 16.0 Å². The maximum absolute atomic E-state index is 13.5. The number of hydrogen-bond acceptors (Lipinski definition) is 4. The molecule has 7 nitrogen and oxygen atoms in total. The molecule has 0 aliphatic carbocycles. The zero-order valence-electron chi connectivity index (χ0n) is 20.3. The summed E-state index contributed by atoms with van der Waals surface area (Å²) in [6.07, 6.45) is 0.653. The van der Waals surface area contributed by atoms with Crippen LogP contribution in [0.1, 0.15) is 57.6 Å². The Morgan fingerprint density at radius 3 is 1.68 bits per heavy atom. The number of hydrogen-bond donors (Lipinski definition) is 3. The van der Waals surface area contributed by atoms with Gasteiger partial charge in [-0.25, -0.2) is 0 Å². The van der Waals surface area contributed by atoms with Gasteiger partial charge >= 0.3 is 0 Å². The highest BCUT2D eigenvalue weighted by Crippen LogP contribution is 2.25. The summed E-state index contributed by atoms with van der Waals surface area (Å²) < 4.78 is 0. The van der Waals surface area contributed by atoms with E-state index in [4.69, 9.17) is 0 Å². The fourth-order valence-corrected chi connectivity index (χ4v) is 3.78. The summed E-state index contributed by atoms with van der Waals surface area (Å²) in [5.41, 5.74) is 1.63. The van der Waals surface area contributed by atoms with Crippen LogP contribution in [0.15, 0.2) is 60.7 Å². The average Bonchev–Trinajstić information content (AvgIpc) is 2.83.